The van der Waals surface area contributed by atoms with Gasteiger partial charge in [-0.2, -0.15) is 0 Å². The number of aryl methyl sites for hydroxylation is 1. The van der Waals surface area contributed by atoms with E-state index in [1.165, 1.54) is 21.6 Å². The second-order valence-electron chi connectivity index (χ2n) is 6.14. The zero-order valence-corrected chi connectivity index (χ0v) is 17.7. The van der Waals surface area contributed by atoms with Crippen molar-refractivity contribution in [1.82, 2.24) is 9.88 Å². The molecule has 1 aliphatic heterocycles. The Bertz CT molecular complexity index is 961. The Labute approximate surface area is 168 Å². The van der Waals surface area contributed by atoms with Crippen molar-refractivity contribution in [2.24, 2.45) is 0 Å². The van der Waals surface area contributed by atoms with E-state index in [0.717, 1.165) is 38.2 Å². The monoisotopic (exact) mass is 451 g/mol. The first-order chi connectivity index (χ1) is 12.6. The largest absolute Gasteiger partial charge is 0.494 e. The molecule has 3 heterocycles. The molecular formula is C18H18BrN3O2S2. The van der Waals surface area contributed by atoms with Crippen molar-refractivity contribution in [2.45, 2.75) is 6.92 Å². The number of halogens is 1. The quantitative estimate of drug-likeness (QED) is 0.591. The van der Waals surface area contributed by atoms with Gasteiger partial charge in [-0.05, 0) is 46.6 Å². The van der Waals surface area contributed by atoms with Crippen molar-refractivity contribution < 1.29 is 9.53 Å². The van der Waals surface area contributed by atoms with Crippen LogP contribution in [-0.2, 0) is 0 Å². The van der Waals surface area contributed by atoms with Gasteiger partial charge in [0.2, 0.25) is 0 Å². The van der Waals surface area contributed by atoms with Crippen LogP contribution in [0.2, 0.25) is 0 Å². The van der Waals surface area contributed by atoms with Gasteiger partial charge in [-0.15, -0.1) is 11.3 Å². The fourth-order valence-corrected chi connectivity index (χ4v) is 5.54. The van der Waals surface area contributed by atoms with Crippen LogP contribution >= 0.6 is 38.6 Å². The lowest BCUT2D eigenvalue weighted by Gasteiger charge is -2.34. The number of benzene rings is 1. The highest BCUT2D eigenvalue weighted by molar-refractivity contribution is 9.11. The number of amides is 1. The zero-order valence-electron chi connectivity index (χ0n) is 14.5. The number of fused-ring (bicyclic) bond motifs is 1. The van der Waals surface area contributed by atoms with Gasteiger partial charge in [0.25, 0.3) is 5.91 Å². The van der Waals surface area contributed by atoms with Crippen LogP contribution in [0.4, 0.5) is 5.13 Å². The molecule has 1 aliphatic rings. The molecule has 2 aromatic heterocycles. The van der Waals surface area contributed by atoms with E-state index < -0.39 is 0 Å². The molecule has 1 fully saturated rings. The number of thiazole rings is 1. The summed E-state index contributed by atoms with van der Waals surface area (Å²) in [6, 6.07) is 7.84. The summed E-state index contributed by atoms with van der Waals surface area (Å²) in [5.41, 5.74) is 2.14. The van der Waals surface area contributed by atoms with E-state index in [1.54, 1.807) is 18.4 Å². The average molecular weight is 452 g/mol. The summed E-state index contributed by atoms with van der Waals surface area (Å²) in [4.78, 5) is 22.4. The standard InChI is InChI=1S/C18H18BrN3O2S2/c1-11-3-4-12(24-2)15-16(11)26-18(20-15)22-9-7-21(8-10-22)17(23)13-5-6-14(19)25-13/h3-6H,7-10H2,1-2H3. The fraction of sp³-hybridized carbons (Fsp3) is 0.333. The molecule has 0 bridgehead atoms. The molecule has 0 radical (unpaired) electrons. The van der Waals surface area contributed by atoms with E-state index in [2.05, 4.69) is 33.8 Å². The first-order valence-electron chi connectivity index (χ1n) is 8.30. The SMILES string of the molecule is COc1ccc(C)c2sc(N3CCN(C(=O)c4ccc(Br)s4)CC3)nc12. The number of hydrogen-bond acceptors (Lipinski definition) is 6. The third-order valence-electron chi connectivity index (χ3n) is 4.53. The van der Waals surface area contributed by atoms with Gasteiger partial charge >= 0.3 is 0 Å². The fourth-order valence-electron chi connectivity index (χ4n) is 3.08. The summed E-state index contributed by atoms with van der Waals surface area (Å²) >= 11 is 6.60. The third kappa shape index (κ3) is 3.21. The second-order valence-corrected chi connectivity index (χ2v) is 9.58. The third-order valence-corrected chi connectivity index (χ3v) is 7.40. The van der Waals surface area contributed by atoms with Gasteiger partial charge in [0.05, 0.1) is 20.5 Å². The van der Waals surface area contributed by atoms with Gasteiger partial charge in [-0.3, -0.25) is 4.79 Å². The van der Waals surface area contributed by atoms with Crippen molar-refractivity contribution in [3.8, 4) is 5.75 Å². The summed E-state index contributed by atoms with van der Waals surface area (Å²) in [5, 5.41) is 0.999. The minimum Gasteiger partial charge on any atom is -0.494 e. The highest BCUT2D eigenvalue weighted by Crippen LogP contribution is 2.36. The van der Waals surface area contributed by atoms with Crippen LogP contribution in [0, 0.1) is 6.92 Å². The smallest absolute Gasteiger partial charge is 0.264 e. The normalized spacial score (nSPS) is 14.9. The molecule has 0 saturated carbocycles. The van der Waals surface area contributed by atoms with E-state index in [1.807, 2.05) is 23.1 Å². The Kier molecular flexibility index (Phi) is 4.90. The van der Waals surface area contributed by atoms with Gasteiger partial charge in [0, 0.05) is 26.2 Å². The predicted molar refractivity (Wildman–Crippen MR) is 111 cm³/mol. The van der Waals surface area contributed by atoms with Crippen LogP contribution < -0.4 is 9.64 Å². The van der Waals surface area contributed by atoms with Crippen molar-refractivity contribution >= 4 is 59.9 Å². The lowest BCUT2D eigenvalue weighted by atomic mass is 10.2. The molecule has 1 saturated heterocycles. The predicted octanol–water partition coefficient (Wildman–Crippen LogP) is 4.40. The molecule has 0 N–H and O–H groups in total. The van der Waals surface area contributed by atoms with Gasteiger partial charge in [-0.25, -0.2) is 4.98 Å². The highest BCUT2D eigenvalue weighted by Gasteiger charge is 2.25. The summed E-state index contributed by atoms with van der Waals surface area (Å²) in [6.07, 6.45) is 0. The van der Waals surface area contributed by atoms with Gasteiger partial charge in [0.1, 0.15) is 11.3 Å². The maximum absolute atomic E-state index is 12.6. The number of thiophene rings is 1. The maximum atomic E-state index is 12.6. The van der Waals surface area contributed by atoms with Crippen molar-refractivity contribution in [3.05, 3.63) is 38.5 Å². The summed E-state index contributed by atoms with van der Waals surface area (Å²) in [7, 11) is 1.68. The molecule has 136 valence electrons. The van der Waals surface area contributed by atoms with Crippen LogP contribution in [0.1, 0.15) is 15.2 Å². The average Bonchev–Trinajstić information content (AvgIpc) is 3.29. The number of rotatable bonds is 3. The van der Waals surface area contributed by atoms with Crippen LogP contribution in [-0.4, -0.2) is 49.1 Å². The van der Waals surface area contributed by atoms with Gasteiger partial charge < -0.3 is 14.5 Å². The minimum absolute atomic E-state index is 0.113. The molecule has 8 heteroatoms. The topological polar surface area (TPSA) is 45.7 Å². The molecule has 3 aromatic rings. The molecule has 0 aliphatic carbocycles. The molecule has 5 nitrogen and oxygen atoms in total. The van der Waals surface area contributed by atoms with Crippen molar-refractivity contribution in [2.75, 3.05) is 38.2 Å². The van der Waals surface area contributed by atoms with Gasteiger partial charge in [0.15, 0.2) is 5.13 Å². The van der Waals surface area contributed by atoms with Crippen LogP contribution in [0.25, 0.3) is 10.2 Å². The number of piperazine rings is 1. The number of ether oxygens (including phenoxy) is 1. The van der Waals surface area contributed by atoms with Crippen LogP contribution in [0.5, 0.6) is 5.75 Å². The number of carbonyl (C=O) groups is 1. The molecular weight excluding hydrogens is 434 g/mol. The molecule has 1 amide bonds. The van der Waals surface area contributed by atoms with E-state index in [9.17, 15) is 4.79 Å². The number of nitrogens with zero attached hydrogens (tertiary/aromatic N) is 3. The maximum Gasteiger partial charge on any atom is 0.264 e. The first-order valence-corrected chi connectivity index (χ1v) is 10.7. The highest BCUT2D eigenvalue weighted by atomic mass is 79.9. The number of methoxy groups -OCH3 is 1. The van der Waals surface area contributed by atoms with Crippen molar-refractivity contribution in [1.29, 1.82) is 0 Å². The summed E-state index contributed by atoms with van der Waals surface area (Å²) in [5.74, 6) is 0.923. The summed E-state index contributed by atoms with van der Waals surface area (Å²) in [6.45, 7) is 5.10. The summed E-state index contributed by atoms with van der Waals surface area (Å²) < 4.78 is 7.61. The number of anilines is 1. The van der Waals surface area contributed by atoms with Crippen LogP contribution in [0.3, 0.4) is 0 Å². The Morgan fingerprint density at radius 3 is 2.58 bits per heavy atom. The van der Waals surface area contributed by atoms with E-state index >= 15 is 0 Å². The van der Waals surface area contributed by atoms with Crippen LogP contribution in [0.15, 0.2) is 28.1 Å². The second kappa shape index (κ2) is 7.17. The lowest BCUT2D eigenvalue weighted by molar-refractivity contribution is 0.0751. The Morgan fingerprint density at radius 2 is 1.92 bits per heavy atom. The molecule has 0 atom stereocenters. The Morgan fingerprint density at radius 1 is 1.15 bits per heavy atom. The molecule has 1 aromatic carbocycles. The molecule has 4 rings (SSSR count). The molecule has 26 heavy (non-hydrogen) atoms. The zero-order chi connectivity index (χ0) is 18.3. The van der Waals surface area contributed by atoms with E-state index in [-0.39, 0.29) is 5.91 Å². The van der Waals surface area contributed by atoms with E-state index in [0.29, 0.717) is 13.1 Å². The molecule has 0 unspecified atom stereocenters. The van der Waals surface area contributed by atoms with E-state index in [4.69, 9.17) is 9.72 Å². The number of aromatic nitrogens is 1. The number of carbonyl (C=O) groups excluding carboxylic acids is 1. The molecule has 0 spiro atoms. The lowest BCUT2D eigenvalue weighted by Crippen LogP contribution is -2.48. The van der Waals surface area contributed by atoms with Crippen molar-refractivity contribution in [3.63, 3.8) is 0 Å². The van der Waals surface area contributed by atoms with Gasteiger partial charge in [-0.1, -0.05) is 17.4 Å². The Balaban J connectivity index is 1.50. The first kappa shape index (κ1) is 17.8. The Hall–Kier alpha value is -1.64. The number of hydrogen-bond donors (Lipinski definition) is 0. The minimum atomic E-state index is 0.113.